The van der Waals surface area contributed by atoms with Crippen LogP contribution in [-0.4, -0.2) is 43.7 Å². The first kappa shape index (κ1) is 28.1. The molecule has 1 N–H and O–H groups in total. The number of nitrogens with zero attached hydrogens (tertiary/aromatic N) is 1. The van der Waals surface area contributed by atoms with Crippen LogP contribution in [0.5, 0.6) is 5.75 Å². The summed E-state index contributed by atoms with van der Waals surface area (Å²) in [5, 5.41) is 6.20. The molecule has 4 aromatic carbocycles. The van der Waals surface area contributed by atoms with Crippen LogP contribution >= 0.6 is 12.4 Å². The molecule has 1 aliphatic heterocycles. The monoisotopic (exact) mass is 544 g/mol. The Morgan fingerprint density at radius 1 is 0.897 bits per heavy atom. The highest BCUT2D eigenvalue weighted by atomic mass is 35.5. The van der Waals surface area contributed by atoms with Crippen molar-refractivity contribution >= 4 is 35.2 Å². The Kier molecular flexibility index (Phi) is 9.23. The smallest absolute Gasteiger partial charge is 0.415 e. The van der Waals surface area contributed by atoms with Crippen molar-refractivity contribution < 1.29 is 19.1 Å². The number of carbonyl (C=O) groups is 2. The topological polar surface area (TPSA) is 67.9 Å². The zero-order valence-electron chi connectivity index (χ0n) is 22.1. The highest BCUT2D eigenvalue weighted by molar-refractivity contribution is 5.93. The molecule has 0 radical (unpaired) electrons. The maximum absolute atomic E-state index is 13.2. The lowest BCUT2D eigenvalue weighted by Crippen LogP contribution is -2.33. The van der Waals surface area contributed by atoms with Gasteiger partial charge in [-0.15, -0.1) is 12.4 Å². The molecule has 1 heterocycles. The number of fused-ring (bicyclic) bond motifs is 1. The van der Waals surface area contributed by atoms with Crippen LogP contribution in [0.25, 0.3) is 10.8 Å². The lowest BCUT2D eigenvalue weighted by Gasteiger charge is -2.23. The summed E-state index contributed by atoms with van der Waals surface area (Å²) in [7, 11) is 1.31. The minimum Gasteiger partial charge on any atom is -0.465 e. The molecule has 4 aromatic rings. The number of likely N-dealkylation sites (tertiary alicyclic amines) is 1. The van der Waals surface area contributed by atoms with Crippen molar-refractivity contribution in [2.24, 2.45) is 5.92 Å². The Balaban J connectivity index is 0.00000353. The highest BCUT2D eigenvalue weighted by Gasteiger charge is 2.37. The van der Waals surface area contributed by atoms with Gasteiger partial charge in [-0.1, -0.05) is 84.9 Å². The van der Waals surface area contributed by atoms with Gasteiger partial charge in [-0.2, -0.15) is 0 Å². The van der Waals surface area contributed by atoms with E-state index in [4.69, 9.17) is 9.47 Å². The van der Waals surface area contributed by atoms with E-state index in [1.807, 2.05) is 18.2 Å². The number of rotatable bonds is 7. The van der Waals surface area contributed by atoms with Crippen LogP contribution in [-0.2, 0) is 4.74 Å². The third kappa shape index (κ3) is 6.24. The number of para-hydroxylation sites is 1. The van der Waals surface area contributed by atoms with E-state index in [2.05, 4.69) is 66.8 Å². The molecule has 1 aliphatic rings. The molecule has 39 heavy (non-hydrogen) atoms. The molecule has 3 atom stereocenters. The van der Waals surface area contributed by atoms with E-state index in [1.165, 1.54) is 29.0 Å². The fourth-order valence-corrected chi connectivity index (χ4v) is 5.36. The van der Waals surface area contributed by atoms with Gasteiger partial charge in [0.15, 0.2) is 0 Å². The Hall–Kier alpha value is -3.87. The van der Waals surface area contributed by atoms with Crippen molar-refractivity contribution in [3.8, 4) is 5.75 Å². The van der Waals surface area contributed by atoms with Gasteiger partial charge in [-0.25, -0.2) is 9.59 Å². The van der Waals surface area contributed by atoms with E-state index < -0.39 is 12.1 Å². The molecule has 0 saturated carbocycles. The summed E-state index contributed by atoms with van der Waals surface area (Å²) in [6, 6.07) is 31.9. The molecular weight excluding hydrogens is 512 g/mol. The summed E-state index contributed by atoms with van der Waals surface area (Å²) >= 11 is 0. The molecule has 5 rings (SSSR count). The number of esters is 1. The van der Waals surface area contributed by atoms with Crippen molar-refractivity contribution in [2.75, 3.05) is 26.7 Å². The molecule has 0 spiro atoms. The zero-order valence-corrected chi connectivity index (χ0v) is 22.9. The number of nitrogens with one attached hydrogen (secondary N) is 1. The average Bonchev–Trinajstić information content (AvgIpc) is 3.40. The minimum atomic E-state index is -0.540. The van der Waals surface area contributed by atoms with Gasteiger partial charge in [0, 0.05) is 31.6 Å². The quantitative estimate of drug-likeness (QED) is 0.265. The predicted molar refractivity (Wildman–Crippen MR) is 156 cm³/mol. The van der Waals surface area contributed by atoms with Gasteiger partial charge >= 0.3 is 12.1 Å². The lowest BCUT2D eigenvalue weighted by molar-refractivity contribution is 0.0597. The van der Waals surface area contributed by atoms with Crippen LogP contribution in [0.15, 0.2) is 97.1 Å². The van der Waals surface area contributed by atoms with Crippen molar-refractivity contribution in [3.05, 3.63) is 114 Å². The first-order valence-corrected chi connectivity index (χ1v) is 12.9. The number of carbonyl (C=O) groups excluding carboxylic acids is 2. The second kappa shape index (κ2) is 12.8. The Morgan fingerprint density at radius 3 is 2.38 bits per heavy atom. The number of halogens is 1. The zero-order chi connectivity index (χ0) is 26.5. The Labute approximate surface area is 235 Å². The van der Waals surface area contributed by atoms with Crippen LogP contribution in [0, 0.1) is 5.92 Å². The van der Waals surface area contributed by atoms with Gasteiger partial charge in [0.1, 0.15) is 11.3 Å². The predicted octanol–water partition coefficient (Wildman–Crippen LogP) is 6.61. The summed E-state index contributed by atoms with van der Waals surface area (Å²) in [4.78, 5) is 27.1. The second-order valence-corrected chi connectivity index (χ2v) is 9.74. The van der Waals surface area contributed by atoms with Gasteiger partial charge in [-0.3, -0.25) is 0 Å². The number of hydrogen-bond acceptors (Lipinski definition) is 5. The molecule has 1 amide bonds. The molecule has 6 nitrogen and oxygen atoms in total. The normalized spacial score (nSPS) is 17.3. The molecular formula is C32H33ClN2O4. The van der Waals surface area contributed by atoms with Gasteiger partial charge in [0.25, 0.3) is 0 Å². The van der Waals surface area contributed by atoms with Crippen molar-refractivity contribution in [1.29, 1.82) is 0 Å². The first-order chi connectivity index (χ1) is 18.5. The molecule has 7 heteroatoms. The van der Waals surface area contributed by atoms with Gasteiger partial charge in [-0.05, 0) is 46.9 Å². The van der Waals surface area contributed by atoms with E-state index in [1.54, 1.807) is 29.2 Å². The van der Waals surface area contributed by atoms with Crippen molar-refractivity contribution in [1.82, 2.24) is 10.2 Å². The minimum absolute atomic E-state index is 0. The number of benzene rings is 4. The molecule has 0 unspecified atom stereocenters. The van der Waals surface area contributed by atoms with Gasteiger partial charge < -0.3 is 19.7 Å². The van der Waals surface area contributed by atoms with Crippen LogP contribution in [0.2, 0.25) is 0 Å². The molecule has 0 aliphatic carbocycles. The first-order valence-electron chi connectivity index (χ1n) is 12.9. The number of methoxy groups -OCH3 is 1. The van der Waals surface area contributed by atoms with Crippen LogP contribution < -0.4 is 10.1 Å². The fourth-order valence-electron chi connectivity index (χ4n) is 5.36. The van der Waals surface area contributed by atoms with E-state index in [9.17, 15) is 9.59 Å². The van der Waals surface area contributed by atoms with Crippen LogP contribution in [0.4, 0.5) is 4.79 Å². The van der Waals surface area contributed by atoms with E-state index in [0.29, 0.717) is 13.1 Å². The number of hydrogen-bond donors (Lipinski definition) is 1. The molecule has 0 bridgehead atoms. The Bertz CT molecular complexity index is 1420. The largest absolute Gasteiger partial charge is 0.465 e. The van der Waals surface area contributed by atoms with E-state index >= 15 is 0 Å². The molecule has 1 saturated heterocycles. The molecule has 1 fully saturated rings. The highest BCUT2D eigenvalue weighted by Crippen LogP contribution is 2.34. The van der Waals surface area contributed by atoms with Crippen LogP contribution in [0.3, 0.4) is 0 Å². The van der Waals surface area contributed by atoms with Crippen LogP contribution in [0.1, 0.15) is 40.4 Å². The average molecular weight is 545 g/mol. The van der Waals surface area contributed by atoms with Gasteiger partial charge in [0.05, 0.1) is 7.11 Å². The number of ether oxygens (including phenoxy) is 2. The maximum Gasteiger partial charge on any atom is 0.415 e. The fraction of sp³-hybridized carbons (Fsp3) is 0.250. The summed E-state index contributed by atoms with van der Waals surface area (Å²) in [6.07, 6.45) is -0.466. The maximum atomic E-state index is 13.2. The summed E-state index contributed by atoms with van der Waals surface area (Å²) < 4.78 is 10.5. The third-order valence-electron chi connectivity index (χ3n) is 7.39. The number of amides is 1. The SMILES string of the molecule is COC(=O)c1ccccc1OC(=O)N1C[C@H](CN[C@H](C)c2cccc3ccccc23)[C@@H](c2ccccc2)C1.Cl. The summed E-state index contributed by atoms with van der Waals surface area (Å²) in [5.74, 6) is 0.0123. The Morgan fingerprint density at radius 2 is 1.59 bits per heavy atom. The van der Waals surface area contributed by atoms with Gasteiger partial charge in [0.2, 0.25) is 0 Å². The summed E-state index contributed by atoms with van der Waals surface area (Å²) in [5.41, 5.74) is 2.68. The van der Waals surface area contributed by atoms with E-state index in [0.717, 1.165) is 6.54 Å². The lowest BCUT2D eigenvalue weighted by atomic mass is 9.88. The standard InChI is InChI=1S/C32H32N2O4.ClH/c1-22(26-17-10-14-23-13-6-7-15-27(23)26)33-19-25-20-34(21-29(25)24-11-4-3-5-12-24)32(36)38-30-18-9-8-16-28(30)31(35)37-2;/h3-18,22,25,29,33H,19-21H2,1-2H3;1H/t22-,25+,29-;/m1./s1. The van der Waals surface area contributed by atoms with Crippen molar-refractivity contribution in [3.63, 3.8) is 0 Å². The third-order valence-corrected chi connectivity index (χ3v) is 7.39. The summed E-state index contributed by atoms with van der Waals surface area (Å²) in [6.45, 7) is 4.02. The van der Waals surface area contributed by atoms with E-state index in [-0.39, 0.29) is 41.6 Å². The van der Waals surface area contributed by atoms with Crippen molar-refractivity contribution in [2.45, 2.75) is 18.9 Å². The second-order valence-electron chi connectivity index (χ2n) is 9.74. The molecule has 202 valence electrons. The molecule has 0 aromatic heterocycles.